The Kier molecular flexibility index (Phi) is 4.41. The molecule has 0 spiro atoms. The Labute approximate surface area is 149 Å². The minimum Gasteiger partial charge on any atom is -0.377 e. The Morgan fingerprint density at radius 3 is 2.84 bits per heavy atom. The summed E-state index contributed by atoms with van der Waals surface area (Å²) in [5, 5.41) is 3.29. The van der Waals surface area contributed by atoms with Crippen molar-refractivity contribution in [1.29, 1.82) is 0 Å². The number of amides is 2. The van der Waals surface area contributed by atoms with Gasteiger partial charge in [-0.25, -0.2) is 4.79 Å². The molecule has 0 bridgehead atoms. The monoisotopic (exact) mass is 344 g/mol. The van der Waals surface area contributed by atoms with Crippen molar-refractivity contribution in [3.63, 3.8) is 0 Å². The molecule has 2 aliphatic heterocycles. The lowest BCUT2D eigenvalue weighted by atomic mass is 9.57. The Hall–Kier alpha value is -1.66. The van der Waals surface area contributed by atoms with Crippen LogP contribution in [0.1, 0.15) is 26.0 Å². The highest BCUT2D eigenvalue weighted by molar-refractivity contribution is 5.75. The van der Waals surface area contributed by atoms with Gasteiger partial charge in [-0.3, -0.25) is 9.88 Å². The minimum absolute atomic E-state index is 0.0393. The summed E-state index contributed by atoms with van der Waals surface area (Å²) in [5.41, 5.74) is 1.13. The third kappa shape index (κ3) is 3.13. The van der Waals surface area contributed by atoms with Crippen LogP contribution in [0.5, 0.6) is 0 Å². The fraction of sp³-hybridized carbons (Fsp3) is 0.684. The van der Waals surface area contributed by atoms with Crippen LogP contribution in [0.4, 0.5) is 4.79 Å². The van der Waals surface area contributed by atoms with E-state index < -0.39 is 0 Å². The molecule has 3 atom stereocenters. The standard InChI is InChI=1S/C19H28N4O2/c1-19(2)16(15-6-12-25-17(15)19)21-18(24)23-10-8-22(9-11-23)13-14-5-3-4-7-20-14/h3-5,7,15-17H,6,8-13H2,1-2H3,(H,21,24)/t15-,16-,17-/m1/s1. The summed E-state index contributed by atoms with van der Waals surface area (Å²) in [6.45, 7) is 9.43. The first-order valence-electron chi connectivity index (χ1n) is 9.35. The number of ether oxygens (including phenoxy) is 1. The van der Waals surface area contributed by atoms with Crippen LogP contribution in [0.3, 0.4) is 0 Å². The van der Waals surface area contributed by atoms with Crippen LogP contribution < -0.4 is 5.32 Å². The third-order valence-electron chi connectivity index (χ3n) is 6.15. The van der Waals surface area contributed by atoms with Gasteiger partial charge in [-0.15, -0.1) is 0 Å². The lowest BCUT2D eigenvalue weighted by Crippen LogP contribution is -2.68. The molecule has 1 aromatic rings. The second-order valence-corrected chi connectivity index (χ2v) is 8.08. The fourth-order valence-electron chi connectivity index (χ4n) is 4.67. The van der Waals surface area contributed by atoms with E-state index in [1.165, 1.54) is 0 Å². The number of carbonyl (C=O) groups is 1. The topological polar surface area (TPSA) is 57.7 Å². The number of pyridine rings is 1. The van der Waals surface area contributed by atoms with Crippen LogP contribution >= 0.6 is 0 Å². The molecule has 6 heteroatoms. The van der Waals surface area contributed by atoms with Crippen LogP contribution in [0.2, 0.25) is 0 Å². The van der Waals surface area contributed by atoms with E-state index in [0.717, 1.165) is 51.4 Å². The first kappa shape index (κ1) is 16.8. The Morgan fingerprint density at radius 1 is 1.32 bits per heavy atom. The molecule has 4 rings (SSSR count). The maximum Gasteiger partial charge on any atom is 0.317 e. The van der Waals surface area contributed by atoms with Crippen molar-refractivity contribution in [2.24, 2.45) is 11.3 Å². The fourth-order valence-corrected chi connectivity index (χ4v) is 4.67. The van der Waals surface area contributed by atoms with E-state index in [2.05, 4.69) is 35.1 Å². The van der Waals surface area contributed by atoms with Gasteiger partial charge in [0.1, 0.15) is 0 Å². The highest BCUT2D eigenvalue weighted by atomic mass is 16.5. The molecule has 1 saturated carbocycles. The third-order valence-corrected chi connectivity index (χ3v) is 6.15. The van der Waals surface area contributed by atoms with E-state index >= 15 is 0 Å². The van der Waals surface area contributed by atoms with Crippen LogP contribution in [-0.2, 0) is 11.3 Å². The van der Waals surface area contributed by atoms with Gasteiger partial charge in [-0.1, -0.05) is 19.9 Å². The molecule has 2 saturated heterocycles. The number of fused-ring (bicyclic) bond motifs is 1. The zero-order chi connectivity index (χ0) is 17.4. The van der Waals surface area contributed by atoms with Gasteiger partial charge in [0, 0.05) is 62.9 Å². The average molecular weight is 344 g/mol. The van der Waals surface area contributed by atoms with Crippen molar-refractivity contribution in [2.75, 3.05) is 32.8 Å². The maximum atomic E-state index is 12.7. The van der Waals surface area contributed by atoms with Crippen molar-refractivity contribution in [1.82, 2.24) is 20.1 Å². The van der Waals surface area contributed by atoms with E-state index in [0.29, 0.717) is 12.0 Å². The number of carbonyl (C=O) groups excluding carboxylic acids is 1. The molecule has 0 radical (unpaired) electrons. The highest BCUT2D eigenvalue weighted by Crippen LogP contribution is 2.52. The van der Waals surface area contributed by atoms with Gasteiger partial charge in [0.25, 0.3) is 0 Å². The molecule has 136 valence electrons. The maximum absolute atomic E-state index is 12.7. The zero-order valence-electron chi connectivity index (χ0n) is 15.1. The van der Waals surface area contributed by atoms with E-state index in [1.807, 2.05) is 23.2 Å². The van der Waals surface area contributed by atoms with Crippen molar-refractivity contribution >= 4 is 6.03 Å². The Bertz CT molecular complexity index is 613. The first-order valence-corrected chi connectivity index (χ1v) is 9.35. The van der Waals surface area contributed by atoms with E-state index in [4.69, 9.17) is 4.74 Å². The summed E-state index contributed by atoms with van der Waals surface area (Å²) in [6.07, 6.45) is 3.21. The summed E-state index contributed by atoms with van der Waals surface area (Å²) in [5.74, 6) is 0.490. The molecule has 3 aliphatic rings. The van der Waals surface area contributed by atoms with E-state index in [-0.39, 0.29) is 17.5 Å². The lowest BCUT2D eigenvalue weighted by Gasteiger charge is -2.55. The quantitative estimate of drug-likeness (QED) is 0.907. The van der Waals surface area contributed by atoms with Gasteiger partial charge in [0.2, 0.25) is 0 Å². The highest BCUT2D eigenvalue weighted by Gasteiger charge is 2.60. The predicted molar refractivity (Wildman–Crippen MR) is 95.0 cm³/mol. The summed E-state index contributed by atoms with van der Waals surface area (Å²) < 4.78 is 5.82. The minimum atomic E-state index is 0.0393. The molecule has 6 nitrogen and oxygen atoms in total. The molecular weight excluding hydrogens is 316 g/mol. The smallest absolute Gasteiger partial charge is 0.317 e. The summed E-state index contributed by atoms with van der Waals surface area (Å²) in [7, 11) is 0. The number of piperazine rings is 1. The van der Waals surface area contributed by atoms with Gasteiger partial charge < -0.3 is 15.0 Å². The second kappa shape index (κ2) is 6.57. The first-order chi connectivity index (χ1) is 12.1. The number of aromatic nitrogens is 1. The van der Waals surface area contributed by atoms with Crippen molar-refractivity contribution in [2.45, 2.75) is 39.0 Å². The number of nitrogens with one attached hydrogen (secondary N) is 1. The van der Waals surface area contributed by atoms with Crippen LogP contribution in [0.25, 0.3) is 0 Å². The SMILES string of the molecule is CC1(C)[C@H](NC(=O)N2CCN(Cc3ccccn3)CC2)[C@H]2CCO[C@H]21. The lowest BCUT2D eigenvalue weighted by molar-refractivity contribution is -0.109. The van der Waals surface area contributed by atoms with Gasteiger partial charge in [-0.05, 0) is 18.6 Å². The summed E-state index contributed by atoms with van der Waals surface area (Å²) in [4.78, 5) is 21.4. The molecule has 0 unspecified atom stereocenters. The van der Waals surface area contributed by atoms with Crippen molar-refractivity contribution in [3.8, 4) is 0 Å². The Balaban J connectivity index is 1.27. The summed E-state index contributed by atoms with van der Waals surface area (Å²) >= 11 is 0. The molecule has 1 aliphatic carbocycles. The molecule has 2 amide bonds. The largest absolute Gasteiger partial charge is 0.377 e. The van der Waals surface area contributed by atoms with Gasteiger partial charge in [-0.2, -0.15) is 0 Å². The summed E-state index contributed by atoms with van der Waals surface area (Å²) in [6, 6.07) is 6.33. The Morgan fingerprint density at radius 2 is 2.12 bits per heavy atom. The molecule has 1 aromatic heterocycles. The van der Waals surface area contributed by atoms with Gasteiger partial charge in [0.05, 0.1) is 11.8 Å². The number of nitrogens with zero attached hydrogens (tertiary/aromatic N) is 3. The normalized spacial score (nSPS) is 31.3. The molecule has 3 heterocycles. The van der Waals surface area contributed by atoms with Gasteiger partial charge >= 0.3 is 6.03 Å². The second-order valence-electron chi connectivity index (χ2n) is 8.08. The van der Waals surface area contributed by atoms with Crippen LogP contribution in [-0.4, -0.2) is 65.7 Å². The van der Waals surface area contributed by atoms with Crippen LogP contribution in [0, 0.1) is 11.3 Å². The molecule has 1 N–H and O–H groups in total. The number of rotatable bonds is 3. The molecule has 25 heavy (non-hydrogen) atoms. The number of hydrogen-bond acceptors (Lipinski definition) is 4. The molecule has 0 aromatic carbocycles. The van der Waals surface area contributed by atoms with E-state index in [9.17, 15) is 4.79 Å². The average Bonchev–Trinajstić information content (AvgIpc) is 3.08. The predicted octanol–water partition coefficient (Wildman–Crippen LogP) is 1.72. The van der Waals surface area contributed by atoms with Crippen molar-refractivity contribution < 1.29 is 9.53 Å². The molecular formula is C19H28N4O2. The van der Waals surface area contributed by atoms with Crippen molar-refractivity contribution in [3.05, 3.63) is 30.1 Å². The van der Waals surface area contributed by atoms with Gasteiger partial charge in [0.15, 0.2) is 0 Å². The van der Waals surface area contributed by atoms with E-state index in [1.54, 1.807) is 0 Å². The molecule has 3 fully saturated rings. The van der Waals surface area contributed by atoms with Crippen LogP contribution in [0.15, 0.2) is 24.4 Å². The zero-order valence-corrected chi connectivity index (χ0v) is 15.1. The number of urea groups is 1. The number of hydrogen-bond donors (Lipinski definition) is 1.